The van der Waals surface area contributed by atoms with Crippen molar-refractivity contribution in [3.63, 3.8) is 0 Å². The number of nitrogens with one attached hydrogen (secondary N) is 2. The van der Waals surface area contributed by atoms with E-state index in [1.807, 2.05) is 0 Å². The number of oxazole rings is 1. The number of hydrogen-bond acceptors (Lipinski definition) is 6. The Hall–Kier alpha value is -2.84. The molecule has 0 unspecified atom stereocenters. The zero-order chi connectivity index (χ0) is 15.9. The van der Waals surface area contributed by atoms with Crippen molar-refractivity contribution >= 4 is 11.8 Å². The van der Waals surface area contributed by atoms with Crippen molar-refractivity contribution in [2.24, 2.45) is 0 Å². The molecule has 0 aliphatic rings. The zero-order valence-corrected chi connectivity index (χ0v) is 11.5. The molecule has 2 rings (SSSR count). The summed E-state index contributed by atoms with van der Waals surface area (Å²) in [6.45, 7) is -1.08. The van der Waals surface area contributed by atoms with Gasteiger partial charge in [0.15, 0.2) is 6.39 Å². The van der Waals surface area contributed by atoms with Crippen molar-refractivity contribution in [3.05, 3.63) is 30.9 Å². The van der Waals surface area contributed by atoms with E-state index in [1.165, 1.54) is 30.9 Å². The molecule has 0 atom stereocenters. The second kappa shape index (κ2) is 7.25. The third kappa shape index (κ3) is 4.08. The quantitative estimate of drug-likeness (QED) is 0.797. The van der Waals surface area contributed by atoms with Gasteiger partial charge in [0.2, 0.25) is 0 Å². The predicted molar refractivity (Wildman–Crippen MR) is 72.4 cm³/mol. The second-order valence-corrected chi connectivity index (χ2v) is 3.93. The molecule has 0 fully saturated rings. The van der Waals surface area contributed by atoms with Gasteiger partial charge < -0.3 is 13.9 Å². The third-order valence-corrected chi connectivity index (χ3v) is 2.49. The molecule has 0 aliphatic heterocycles. The van der Waals surface area contributed by atoms with Crippen LogP contribution in [0.25, 0.3) is 11.3 Å². The largest absolute Gasteiger partial charge is 0.451 e. The Bertz CT molecular complexity index is 620. The lowest BCUT2D eigenvalue weighted by Crippen LogP contribution is -2.29. The van der Waals surface area contributed by atoms with E-state index in [9.17, 15) is 13.6 Å². The van der Waals surface area contributed by atoms with E-state index < -0.39 is 12.7 Å². The summed E-state index contributed by atoms with van der Waals surface area (Å²) < 4.78 is 38.8. The van der Waals surface area contributed by atoms with Crippen LogP contribution in [0.4, 0.5) is 19.3 Å². The number of carbonyl (C=O) groups excluding carboxylic acids is 1. The van der Waals surface area contributed by atoms with Gasteiger partial charge in [-0.25, -0.2) is 15.2 Å². The molecule has 2 N–H and O–H groups in total. The Morgan fingerprint density at radius 1 is 1.45 bits per heavy atom. The molecule has 1 aromatic carbocycles. The van der Waals surface area contributed by atoms with Gasteiger partial charge in [0.05, 0.1) is 12.3 Å². The summed E-state index contributed by atoms with van der Waals surface area (Å²) in [5, 5.41) is 0. The molecule has 1 aromatic heterocycles. The van der Waals surface area contributed by atoms with Crippen LogP contribution in [0.3, 0.4) is 0 Å². The summed E-state index contributed by atoms with van der Waals surface area (Å²) in [7, 11) is 0. The molecule has 0 spiro atoms. The normalized spacial score (nSPS) is 10.4. The Morgan fingerprint density at radius 3 is 2.91 bits per heavy atom. The van der Waals surface area contributed by atoms with E-state index in [1.54, 1.807) is 6.92 Å². The number of benzene rings is 1. The number of alkyl halides is 2. The average molecular weight is 313 g/mol. The number of nitrogens with zero attached hydrogens (tertiary/aromatic N) is 1. The number of hydrogen-bond donors (Lipinski definition) is 2. The maximum atomic E-state index is 12.4. The minimum Gasteiger partial charge on any atom is -0.451 e. The number of ether oxygens (including phenoxy) is 2. The Kier molecular flexibility index (Phi) is 5.12. The van der Waals surface area contributed by atoms with Crippen molar-refractivity contribution in [1.82, 2.24) is 10.4 Å². The first kappa shape index (κ1) is 15.5. The maximum absolute atomic E-state index is 12.4. The van der Waals surface area contributed by atoms with Crippen LogP contribution in [0.15, 0.2) is 35.3 Å². The topological polar surface area (TPSA) is 85.6 Å². The molecule has 0 saturated heterocycles. The fraction of sp³-hybridized carbons (Fsp3) is 0.231. The monoisotopic (exact) mass is 313 g/mol. The summed E-state index contributed by atoms with van der Waals surface area (Å²) in [5.74, 6) is -0.0643. The maximum Gasteiger partial charge on any atom is 0.425 e. The summed E-state index contributed by atoms with van der Waals surface area (Å²) in [4.78, 5) is 15.1. The zero-order valence-electron chi connectivity index (χ0n) is 11.5. The van der Waals surface area contributed by atoms with E-state index in [4.69, 9.17) is 4.42 Å². The number of aromatic nitrogens is 1. The molecule has 0 saturated carbocycles. The fourth-order valence-electron chi connectivity index (χ4n) is 1.64. The van der Waals surface area contributed by atoms with Crippen LogP contribution < -0.4 is 15.6 Å². The van der Waals surface area contributed by atoms with Gasteiger partial charge in [-0.2, -0.15) is 8.78 Å². The smallest absolute Gasteiger partial charge is 0.425 e. The molecule has 9 heteroatoms. The van der Waals surface area contributed by atoms with Crippen LogP contribution in [0.2, 0.25) is 0 Å². The molecule has 118 valence electrons. The lowest BCUT2D eigenvalue weighted by atomic mass is 10.1. The molecule has 7 nitrogen and oxygen atoms in total. The van der Waals surface area contributed by atoms with Gasteiger partial charge in [-0.15, -0.1) is 0 Å². The summed E-state index contributed by atoms with van der Waals surface area (Å²) in [6.07, 6.45) is 1.78. The van der Waals surface area contributed by atoms with Gasteiger partial charge in [-0.05, 0) is 25.1 Å². The van der Waals surface area contributed by atoms with Crippen molar-refractivity contribution < 1.29 is 27.5 Å². The summed E-state index contributed by atoms with van der Waals surface area (Å²) in [6, 6.07) is 4.25. The molecular formula is C13H13F2N3O4. The lowest BCUT2D eigenvalue weighted by Gasteiger charge is -2.12. The van der Waals surface area contributed by atoms with Gasteiger partial charge in [0, 0.05) is 5.56 Å². The first-order valence-corrected chi connectivity index (χ1v) is 6.26. The van der Waals surface area contributed by atoms with Gasteiger partial charge >= 0.3 is 12.7 Å². The predicted octanol–water partition coefficient (Wildman–Crippen LogP) is 3.02. The van der Waals surface area contributed by atoms with Gasteiger partial charge in [-0.3, -0.25) is 5.43 Å². The van der Waals surface area contributed by atoms with Gasteiger partial charge in [-0.1, -0.05) is 0 Å². The molecule has 1 amide bonds. The molecule has 2 aromatic rings. The van der Waals surface area contributed by atoms with E-state index in [0.717, 1.165) is 0 Å². The highest BCUT2D eigenvalue weighted by molar-refractivity contribution is 5.73. The van der Waals surface area contributed by atoms with Crippen LogP contribution in [-0.4, -0.2) is 24.3 Å². The van der Waals surface area contributed by atoms with Crippen molar-refractivity contribution in [2.75, 3.05) is 12.0 Å². The fourth-order valence-corrected chi connectivity index (χ4v) is 1.64. The number of amides is 1. The van der Waals surface area contributed by atoms with E-state index >= 15 is 0 Å². The molecule has 0 aliphatic carbocycles. The highest BCUT2D eigenvalue weighted by Crippen LogP contribution is 2.32. The molecule has 0 bridgehead atoms. The number of anilines is 1. The lowest BCUT2D eigenvalue weighted by molar-refractivity contribution is -0.0494. The van der Waals surface area contributed by atoms with E-state index in [2.05, 4.69) is 25.3 Å². The third-order valence-electron chi connectivity index (χ3n) is 2.49. The number of carbonyl (C=O) groups is 1. The highest BCUT2D eigenvalue weighted by Gasteiger charge is 2.14. The van der Waals surface area contributed by atoms with Crippen LogP contribution in [0.5, 0.6) is 5.75 Å². The Morgan fingerprint density at radius 2 is 2.27 bits per heavy atom. The number of halogens is 2. The number of rotatable bonds is 6. The van der Waals surface area contributed by atoms with Crippen molar-refractivity contribution in [3.8, 4) is 17.0 Å². The van der Waals surface area contributed by atoms with Crippen LogP contribution >= 0.6 is 0 Å². The first-order valence-electron chi connectivity index (χ1n) is 6.26. The van der Waals surface area contributed by atoms with E-state index in [0.29, 0.717) is 11.4 Å². The van der Waals surface area contributed by atoms with Crippen molar-refractivity contribution in [2.45, 2.75) is 13.5 Å². The molecule has 0 radical (unpaired) electrons. The minimum atomic E-state index is -2.97. The Labute approximate surface area is 124 Å². The highest BCUT2D eigenvalue weighted by atomic mass is 19.3. The average Bonchev–Trinajstić information content (AvgIpc) is 3.00. The summed E-state index contributed by atoms with van der Waals surface area (Å²) >= 11 is 0. The first-order chi connectivity index (χ1) is 10.6. The van der Waals surface area contributed by atoms with E-state index in [-0.39, 0.29) is 17.9 Å². The van der Waals surface area contributed by atoms with Gasteiger partial charge in [0.1, 0.15) is 17.7 Å². The minimum absolute atomic E-state index is 0.0643. The molecular weight excluding hydrogens is 300 g/mol. The standard InChI is InChI=1S/C13H13F2N3O4/c1-2-21-13(19)18-17-8-3-4-11(22-12(14)15)9(5-8)10-6-20-7-16-10/h3-7,12,17H,2H2,1H3,(H,18,19). The van der Waals surface area contributed by atoms with Crippen LogP contribution in [-0.2, 0) is 4.74 Å². The van der Waals surface area contributed by atoms with Gasteiger partial charge in [0.25, 0.3) is 0 Å². The SMILES string of the molecule is CCOC(=O)NNc1ccc(OC(F)F)c(-c2cocn2)c1. The molecule has 1 heterocycles. The summed E-state index contributed by atoms with van der Waals surface area (Å²) in [5.41, 5.74) is 5.90. The van der Waals surface area contributed by atoms with Crippen LogP contribution in [0, 0.1) is 0 Å². The Balaban J connectivity index is 2.20. The molecule has 22 heavy (non-hydrogen) atoms. The number of hydrazine groups is 1. The second-order valence-electron chi connectivity index (χ2n) is 3.93. The van der Waals surface area contributed by atoms with Crippen molar-refractivity contribution in [1.29, 1.82) is 0 Å². The van der Waals surface area contributed by atoms with Crippen LogP contribution in [0.1, 0.15) is 6.92 Å².